The van der Waals surface area contributed by atoms with Crippen LogP contribution in [0.1, 0.15) is 11.1 Å². The zero-order chi connectivity index (χ0) is 18.8. The van der Waals surface area contributed by atoms with Crippen LogP contribution in [0.25, 0.3) is 0 Å². The molecule has 2 aromatic rings. The van der Waals surface area contributed by atoms with Gasteiger partial charge in [0.15, 0.2) is 11.5 Å². The summed E-state index contributed by atoms with van der Waals surface area (Å²) in [5.74, 6) is 0.776. The van der Waals surface area contributed by atoms with Crippen molar-refractivity contribution in [1.82, 2.24) is 10.6 Å². The summed E-state index contributed by atoms with van der Waals surface area (Å²) in [6, 6.07) is 15.0. The molecule has 0 heterocycles. The molecule has 0 radical (unpaired) electrons. The summed E-state index contributed by atoms with van der Waals surface area (Å²) in [4.78, 5) is 22.7. The molecule has 0 aliphatic carbocycles. The topological polar surface area (TPSA) is 85.9 Å². The van der Waals surface area contributed by atoms with Crippen molar-refractivity contribution in [2.24, 2.45) is 0 Å². The monoisotopic (exact) mass is 358 g/mol. The number of amides is 2. The summed E-state index contributed by atoms with van der Waals surface area (Å²) < 4.78 is 15.6. The van der Waals surface area contributed by atoms with Crippen molar-refractivity contribution in [2.75, 3.05) is 20.7 Å². The molecular formula is C19H22N2O5. The largest absolute Gasteiger partial charge is 0.485 e. The molecule has 0 bridgehead atoms. The lowest BCUT2D eigenvalue weighted by Gasteiger charge is -2.13. The average molecular weight is 358 g/mol. The molecule has 0 atom stereocenters. The van der Waals surface area contributed by atoms with Crippen molar-refractivity contribution in [3.8, 4) is 11.5 Å². The Morgan fingerprint density at radius 2 is 1.73 bits per heavy atom. The highest BCUT2D eigenvalue weighted by Gasteiger charge is 2.11. The summed E-state index contributed by atoms with van der Waals surface area (Å²) in [6.07, 6.45) is -0.521. The van der Waals surface area contributed by atoms with Gasteiger partial charge in [-0.25, -0.2) is 9.59 Å². The van der Waals surface area contributed by atoms with Crippen LogP contribution in [-0.2, 0) is 17.8 Å². The van der Waals surface area contributed by atoms with Crippen molar-refractivity contribution in [1.29, 1.82) is 0 Å². The van der Waals surface area contributed by atoms with E-state index in [-0.39, 0.29) is 0 Å². The lowest BCUT2D eigenvalue weighted by molar-refractivity contribution is 0.171. The van der Waals surface area contributed by atoms with Gasteiger partial charge in [0.25, 0.3) is 0 Å². The number of benzene rings is 2. The van der Waals surface area contributed by atoms with Crippen molar-refractivity contribution in [3.05, 3.63) is 59.7 Å². The fourth-order valence-corrected chi connectivity index (χ4v) is 2.17. The molecular weight excluding hydrogens is 336 g/mol. The molecule has 0 saturated heterocycles. The second-order valence-corrected chi connectivity index (χ2v) is 5.36. The van der Waals surface area contributed by atoms with E-state index >= 15 is 0 Å². The van der Waals surface area contributed by atoms with Crippen molar-refractivity contribution < 1.29 is 23.8 Å². The third-order valence-electron chi connectivity index (χ3n) is 3.52. The van der Waals surface area contributed by atoms with Gasteiger partial charge in [0.1, 0.15) is 6.61 Å². The van der Waals surface area contributed by atoms with Crippen LogP contribution in [0.2, 0.25) is 0 Å². The van der Waals surface area contributed by atoms with Crippen LogP contribution >= 0.6 is 0 Å². The van der Waals surface area contributed by atoms with Gasteiger partial charge < -0.3 is 24.8 Å². The SMILES string of the molecule is CNC(=O)Oc1cc(CCNC(=O)OC)ccc1OCc1ccccc1. The minimum absolute atomic E-state index is 0.316. The van der Waals surface area contributed by atoms with E-state index in [0.29, 0.717) is 31.1 Å². The highest BCUT2D eigenvalue weighted by atomic mass is 16.6. The van der Waals surface area contributed by atoms with Gasteiger partial charge in [-0.05, 0) is 29.7 Å². The Morgan fingerprint density at radius 3 is 2.42 bits per heavy atom. The fraction of sp³-hybridized carbons (Fsp3) is 0.263. The number of rotatable bonds is 7. The van der Waals surface area contributed by atoms with E-state index in [1.54, 1.807) is 12.1 Å². The minimum atomic E-state index is -0.584. The lowest BCUT2D eigenvalue weighted by Crippen LogP contribution is -2.25. The summed E-state index contributed by atoms with van der Waals surface area (Å²) in [6.45, 7) is 0.754. The first-order valence-electron chi connectivity index (χ1n) is 8.13. The molecule has 0 aliphatic rings. The predicted octanol–water partition coefficient (Wildman–Crippen LogP) is 2.88. The van der Waals surface area contributed by atoms with Gasteiger partial charge in [-0.1, -0.05) is 36.4 Å². The highest BCUT2D eigenvalue weighted by molar-refractivity contribution is 5.71. The van der Waals surface area contributed by atoms with Crippen LogP contribution in [0.3, 0.4) is 0 Å². The number of nitrogens with one attached hydrogen (secondary N) is 2. The van der Waals surface area contributed by atoms with Crippen molar-refractivity contribution in [3.63, 3.8) is 0 Å². The van der Waals surface area contributed by atoms with E-state index in [1.807, 2.05) is 36.4 Å². The van der Waals surface area contributed by atoms with Crippen LogP contribution in [0.4, 0.5) is 9.59 Å². The van der Waals surface area contributed by atoms with Crippen LogP contribution < -0.4 is 20.1 Å². The normalized spacial score (nSPS) is 9.92. The zero-order valence-electron chi connectivity index (χ0n) is 14.8. The molecule has 2 N–H and O–H groups in total. The highest BCUT2D eigenvalue weighted by Crippen LogP contribution is 2.29. The van der Waals surface area contributed by atoms with E-state index < -0.39 is 12.2 Å². The Hall–Kier alpha value is -3.22. The summed E-state index contributed by atoms with van der Waals surface area (Å²) in [7, 11) is 2.79. The van der Waals surface area contributed by atoms with E-state index in [9.17, 15) is 9.59 Å². The molecule has 0 aliphatic heterocycles. The maximum atomic E-state index is 11.6. The molecule has 7 heteroatoms. The minimum Gasteiger partial charge on any atom is -0.485 e. The van der Waals surface area contributed by atoms with E-state index in [4.69, 9.17) is 9.47 Å². The molecule has 138 valence electrons. The number of hydrogen-bond donors (Lipinski definition) is 2. The first kappa shape index (κ1) is 19.1. The van der Waals surface area contributed by atoms with Gasteiger partial charge >= 0.3 is 12.2 Å². The van der Waals surface area contributed by atoms with E-state index in [0.717, 1.165) is 11.1 Å². The third kappa shape index (κ3) is 6.01. The average Bonchev–Trinajstić information content (AvgIpc) is 2.67. The third-order valence-corrected chi connectivity index (χ3v) is 3.52. The van der Waals surface area contributed by atoms with Crippen LogP contribution in [0, 0.1) is 0 Å². The summed E-state index contributed by atoms with van der Waals surface area (Å²) in [5, 5.41) is 5.01. The lowest BCUT2D eigenvalue weighted by atomic mass is 10.1. The summed E-state index contributed by atoms with van der Waals surface area (Å²) in [5.41, 5.74) is 1.89. The van der Waals surface area contributed by atoms with Crippen LogP contribution in [-0.4, -0.2) is 32.9 Å². The summed E-state index contributed by atoms with van der Waals surface area (Å²) >= 11 is 0. The van der Waals surface area contributed by atoms with Crippen LogP contribution in [0.15, 0.2) is 48.5 Å². The molecule has 0 unspecified atom stereocenters. The van der Waals surface area contributed by atoms with Gasteiger partial charge in [-0.3, -0.25) is 0 Å². The molecule has 2 aromatic carbocycles. The number of carbonyl (C=O) groups excluding carboxylic acids is 2. The fourth-order valence-electron chi connectivity index (χ4n) is 2.17. The molecule has 2 rings (SSSR count). The Bertz CT molecular complexity index is 734. The quantitative estimate of drug-likeness (QED) is 0.795. The molecule has 7 nitrogen and oxygen atoms in total. The maximum Gasteiger partial charge on any atom is 0.412 e. The number of hydrogen-bond acceptors (Lipinski definition) is 5. The first-order chi connectivity index (χ1) is 12.6. The number of alkyl carbamates (subject to hydrolysis) is 1. The van der Waals surface area contributed by atoms with Crippen molar-refractivity contribution >= 4 is 12.2 Å². The number of methoxy groups -OCH3 is 1. The Morgan fingerprint density at radius 1 is 0.962 bits per heavy atom. The van der Waals surface area contributed by atoms with Gasteiger partial charge in [0.05, 0.1) is 7.11 Å². The van der Waals surface area contributed by atoms with Gasteiger partial charge in [0.2, 0.25) is 0 Å². The second-order valence-electron chi connectivity index (χ2n) is 5.36. The maximum absolute atomic E-state index is 11.6. The van der Waals surface area contributed by atoms with Crippen molar-refractivity contribution in [2.45, 2.75) is 13.0 Å². The van der Waals surface area contributed by atoms with E-state index in [1.165, 1.54) is 14.2 Å². The number of ether oxygens (including phenoxy) is 3. The molecule has 0 fully saturated rings. The number of carbonyl (C=O) groups is 2. The molecule has 2 amide bonds. The second kappa shape index (κ2) is 9.93. The zero-order valence-corrected chi connectivity index (χ0v) is 14.8. The smallest absolute Gasteiger partial charge is 0.412 e. The Kier molecular flexibility index (Phi) is 7.30. The first-order valence-corrected chi connectivity index (χ1v) is 8.13. The molecule has 0 spiro atoms. The Labute approximate surface area is 152 Å². The predicted molar refractivity (Wildman–Crippen MR) is 96.4 cm³/mol. The molecule has 26 heavy (non-hydrogen) atoms. The van der Waals surface area contributed by atoms with E-state index in [2.05, 4.69) is 15.4 Å². The van der Waals surface area contributed by atoms with Gasteiger partial charge in [-0.15, -0.1) is 0 Å². The molecule has 0 saturated carbocycles. The standard InChI is InChI=1S/C19H22N2O5/c1-20-18(22)26-17-12-14(10-11-21-19(23)24-2)8-9-16(17)25-13-15-6-4-3-5-7-15/h3-9,12H,10-11,13H2,1-2H3,(H,20,22)(H,21,23). The van der Waals surface area contributed by atoms with Gasteiger partial charge in [0, 0.05) is 13.6 Å². The Balaban J connectivity index is 2.07. The van der Waals surface area contributed by atoms with Crippen LogP contribution in [0.5, 0.6) is 11.5 Å². The molecule has 0 aromatic heterocycles. The van der Waals surface area contributed by atoms with Gasteiger partial charge in [-0.2, -0.15) is 0 Å².